The summed E-state index contributed by atoms with van der Waals surface area (Å²) in [5.74, 6) is 0.107. The van der Waals surface area contributed by atoms with Gasteiger partial charge in [0.05, 0.1) is 22.6 Å². The molecular formula is C19H17ClN4O. The van der Waals surface area contributed by atoms with Crippen LogP contribution in [0, 0.1) is 6.92 Å². The molecule has 0 aliphatic rings. The third kappa shape index (κ3) is 4.14. The van der Waals surface area contributed by atoms with Crippen molar-refractivity contribution in [3.05, 3.63) is 83.0 Å². The van der Waals surface area contributed by atoms with Gasteiger partial charge in [-0.3, -0.25) is 9.78 Å². The van der Waals surface area contributed by atoms with E-state index in [2.05, 4.69) is 47.0 Å². The first-order valence-electron chi connectivity index (χ1n) is 7.72. The first kappa shape index (κ1) is 16.9. The van der Waals surface area contributed by atoms with Gasteiger partial charge in [0.2, 0.25) is 0 Å². The highest BCUT2D eigenvalue weighted by Gasteiger charge is 2.13. The number of carbonyl (C=O) groups is 1. The lowest BCUT2D eigenvalue weighted by Crippen LogP contribution is -2.13. The van der Waals surface area contributed by atoms with E-state index in [0.717, 1.165) is 0 Å². The SMILES string of the molecule is C=Cc1cc(Cl)c(C(=O)Nc2cn(Cc3cccc(C)c3)cn2)cn1. The second-order valence-corrected chi connectivity index (χ2v) is 6.07. The molecule has 0 spiro atoms. The second-order valence-electron chi connectivity index (χ2n) is 5.67. The van der Waals surface area contributed by atoms with Crippen LogP contribution in [-0.4, -0.2) is 20.4 Å². The lowest BCUT2D eigenvalue weighted by molar-refractivity contribution is 0.102. The van der Waals surface area contributed by atoms with Crippen molar-refractivity contribution in [2.75, 3.05) is 5.32 Å². The molecule has 3 rings (SSSR count). The highest BCUT2D eigenvalue weighted by atomic mass is 35.5. The van der Waals surface area contributed by atoms with Gasteiger partial charge in [-0.05, 0) is 24.6 Å². The first-order valence-corrected chi connectivity index (χ1v) is 8.09. The minimum atomic E-state index is -0.353. The van der Waals surface area contributed by atoms with Crippen LogP contribution < -0.4 is 5.32 Å². The number of anilines is 1. The average Bonchev–Trinajstić information content (AvgIpc) is 3.01. The maximum absolute atomic E-state index is 12.3. The molecular weight excluding hydrogens is 336 g/mol. The van der Waals surface area contributed by atoms with E-state index < -0.39 is 0 Å². The van der Waals surface area contributed by atoms with Gasteiger partial charge in [-0.25, -0.2) is 4.98 Å². The van der Waals surface area contributed by atoms with E-state index in [-0.39, 0.29) is 5.91 Å². The van der Waals surface area contributed by atoms with Crippen LogP contribution in [0.1, 0.15) is 27.2 Å². The van der Waals surface area contributed by atoms with Crippen LogP contribution in [0.5, 0.6) is 0 Å². The molecule has 126 valence electrons. The van der Waals surface area contributed by atoms with Gasteiger partial charge in [0, 0.05) is 18.9 Å². The molecule has 0 aliphatic heterocycles. The summed E-state index contributed by atoms with van der Waals surface area (Å²) in [5, 5.41) is 3.05. The van der Waals surface area contributed by atoms with Crippen molar-refractivity contribution in [1.82, 2.24) is 14.5 Å². The summed E-state index contributed by atoms with van der Waals surface area (Å²) in [6.45, 7) is 6.36. The van der Waals surface area contributed by atoms with Crippen molar-refractivity contribution in [3.8, 4) is 0 Å². The van der Waals surface area contributed by atoms with Gasteiger partial charge in [0.15, 0.2) is 5.82 Å². The molecule has 0 saturated carbocycles. The fourth-order valence-corrected chi connectivity index (χ4v) is 2.69. The van der Waals surface area contributed by atoms with E-state index >= 15 is 0 Å². The Morgan fingerprint density at radius 2 is 2.20 bits per heavy atom. The Kier molecular flexibility index (Phi) is 4.95. The number of imidazole rings is 1. The normalized spacial score (nSPS) is 10.5. The molecule has 1 N–H and O–H groups in total. The summed E-state index contributed by atoms with van der Waals surface area (Å²) < 4.78 is 1.91. The molecule has 6 heteroatoms. The second kappa shape index (κ2) is 7.32. The molecule has 0 aliphatic carbocycles. The number of halogens is 1. The van der Waals surface area contributed by atoms with E-state index in [1.54, 1.807) is 24.7 Å². The van der Waals surface area contributed by atoms with Crippen LogP contribution in [0.2, 0.25) is 5.02 Å². The van der Waals surface area contributed by atoms with E-state index in [1.165, 1.54) is 17.3 Å². The van der Waals surface area contributed by atoms with Crippen molar-refractivity contribution >= 4 is 29.4 Å². The summed E-state index contributed by atoms with van der Waals surface area (Å²) >= 11 is 6.12. The Morgan fingerprint density at radius 3 is 2.92 bits per heavy atom. The molecule has 0 radical (unpaired) electrons. The number of aryl methyl sites for hydroxylation is 1. The number of hydrogen-bond acceptors (Lipinski definition) is 3. The van der Waals surface area contributed by atoms with Crippen LogP contribution in [0.25, 0.3) is 6.08 Å². The molecule has 5 nitrogen and oxygen atoms in total. The van der Waals surface area contributed by atoms with Gasteiger partial charge in [-0.15, -0.1) is 0 Å². The zero-order chi connectivity index (χ0) is 17.8. The van der Waals surface area contributed by atoms with Gasteiger partial charge in [0.25, 0.3) is 5.91 Å². The first-order chi connectivity index (χ1) is 12.0. The Labute approximate surface area is 151 Å². The smallest absolute Gasteiger partial charge is 0.259 e. The summed E-state index contributed by atoms with van der Waals surface area (Å²) in [6.07, 6.45) is 6.46. The lowest BCUT2D eigenvalue weighted by atomic mass is 10.1. The highest BCUT2D eigenvalue weighted by molar-refractivity contribution is 6.34. The maximum atomic E-state index is 12.3. The van der Waals surface area contributed by atoms with Crippen molar-refractivity contribution in [3.63, 3.8) is 0 Å². The predicted octanol–water partition coefficient (Wildman–Crippen LogP) is 4.18. The number of pyridine rings is 1. The quantitative estimate of drug-likeness (QED) is 0.749. The number of hydrogen-bond donors (Lipinski definition) is 1. The molecule has 0 saturated heterocycles. The van der Waals surface area contributed by atoms with E-state index in [1.807, 2.05) is 10.6 Å². The lowest BCUT2D eigenvalue weighted by Gasteiger charge is -2.05. The molecule has 2 heterocycles. The van der Waals surface area contributed by atoms with Crippen molar-refractivity contribution in [1.29, 1.82) is 0 Å². The van der Waals surface area contributed by atoms with E-state index in [9.17, 15) is 4.79 Å². The third-order valence-electron chi connectivity index (χ3n) is 3.65. The minimum absolute atomic E-state index is 0.292. The topological polar surface area (TPSA) is 59.8 Å². The average molecular weight is 353 g/mol. The predicted molar refractivity (Wildman–Crippen MR) is 99.8 cm³/mol. The van der Waals surface area contributed by atoms with Crippen LogP contribution >= 0.6 is 11.6 Å². The minimum Gasteiger partial charge on any atom is -0.331 e. The van der Waals surface area contributed by atoms with Crippen molar-refractivity contribution < 1.29 is 4.79 Å². The Hall–Kier alpha value is -2.92. The van der Waals surface area contributed by atoms with Crippen molar-refractivity contribution in [2.45, 2.75) is 13.5 Å². The summed E-state index contributed by atoms with van der Waals surface area (Å²) in [4.78, 5) is 20.7. The Bertz CT molecular complexity index is 933. The molecule has 0 unspecified atom stereocenters. The fourth-order valence-electron chi connectivity index (χ4n) is 2.44. The fraction of sp³-hybridized carbons (Fsp3) is 0.105. The number of rotatable bonds is 5. The van der Waals surface area contributed by atoms with Gasteiger partial charge in [-0.2, -0.15) is 0 Å². The molecule has 0 bridgehead atoms. The van der Waals surface area contributed by atoms with Crippen LogP contribution in [0.3, 0.4) is 0 Å². The zero-order valence-corrected chi connectivity index (χ0v) is 14.5. The number of nitrogens with zero attached hydrogens (tertiary/aromatic N) is 3. The third-order valence-corrected chi connectivity index (χ3v) is 3.96. The van der Waals surface area contributed by atoms with Crippen LogP contribution in [-0.2, 0) is 6.54 Å². The van der Waals surface area contributed by atoms with Gasteiger partial charge in [-0.1, -0.05) is 48.0 Å². The Balaban J connectivity index is 1.70. The summed E-state index contributed by atoms with van der Waals surface area (Å²) in [7, 11) is 0. The molecule has 3 aromatic rings. The summed E-state index contributed by atoms with van der Waals surface area (Å²) in [5.41, 5.74) is 3.28. The number of aromatic nitrogens is 3. The van der Waals surface area contributed by atoms with E-state index in [4.69, 9.17) is 11.6 Å². The van der Waals surface area contributed by atoms with E-state index in [0.29, 0.717) is 28.6 Å². The molecule has 1 amide bonds. The number of amides is 1. The van der Waals surface area contributed by atoms with Gasteiger partial charge >= 0.3 is 0 Å². The highest BCUT2D eigenvalue weighted by Crippen LogP contribution is 2.18. The number of nitrogens with one attached hydrogen (secondary N) is 1. The molecule has 0 atom stereocenters. The largest absolute Gasteiger partial charge is 0.331 e. The zero-order valence-electron chi connectivity index (χ0n) is 13.7. The molecule has 1 aromatic carbocycles. The molecule has 2 aromatic heterocycles. The molecule has 25 heavy (non-hydrogen) atoms. The standard InChI is InChI=1S/C19H17ClN4O/c1-3-15-8-17(20)16(9-21-15)19(25)23-18-11-24(12-22-18)10-14-6-4-5-13(2)7-14/h3-9,11-12H,1,10H2,2H3,(H,23,25). The van der Waals surface area contributed by atoms with Crippen LogP contribution in [0.15, 0.2) is 55.6 Å². The monoisotopic (exact) mass is 352 g/mol. The summed E-state index contributed by atoms with van der Waals surface area (Å²) in [6, 6.07) is 9.84. The number of benzene rings is 1. The van der Waals surface area contributed by atoms with Crippen LogP contribution in [0.4, 0.5) is 5.82 Å². The molecule has 0 fully saturated rings. The maximum Gasteiger partial charge on any atom is 0.259 e. The Morgan fingerprint density at radius 1 is 1.36 bits per heavy atom. The van der Waals surface area contributed by atoms with Crippen molar-refractivity contribution in [2.24, 2.45) is 0 Å². The van der Waals surface area contributed by atoms with Gasteiger partial charge < -0.3 is 9.88 Å². The number of carbonyl (C=O) groups excluding carboxylic acids is 1. The van der Waals surface area contributed by atoms with Gasteiger partial charge in [0.1, 0.15) is 0 Å².